The average molecular weight is 168 g/mol. The summed E-state index contributed by atoms with van der Waals surface area (Å²) in [5.41, 5.74) is 0. The van der Waals surface area contributed by atoms with Crippen molar-refractivity contribution in [1.29, 1.82) is 0 Å². The molecule has 3 heteroatoms. The van der Waals surface area contributed by atoms with Gasteiger partial charge in [-0.25, -0.2) is 0 Å². The predicted molar refractivity (Wildman–Crippen MR) is 46.7 cm³/mol. The van der Waals surface area contributed by atoms with Crippen LogP contribution in [0.2, 0.25) is 0 Å². The lowest BCUT2D eigenvalue weighted by atomic mass is 9.94. The Hall–Kier alpha value is -0.570. The number of piperidine rings is 1. The Balaban J connectivity index is 1.98. The van der Waals surface area contributed by atoms with Gasteiger partial charge in [0.25, 0.3) is 0 Å². The van der Waals surface area contributed by atoms with Crippen LogP contribution in [0.25, 0.3) is 0 Å². The van der Waals surface area contributed by atoms with Gasteiger partial charge in [0, 0.05) is 18.5 Å². The van der Waals surface area contributed by atoms with Crippen LogP contribution in [0.4, 0.5) is 0 Å². The summed E-state index contributed by atoms with van der Waals surface area (Å²) in [4.78, 5) is 11.1. The summed E-state index contributed by atoms with van der Waals surface area (Å²) in [6, 6.07) is 0.923. The van der Waals surface area contributed by atoms with Crippen molar-refractivity contribution in [2.75, 3.05) is 7.05 Å². The number of likely N-dealkylation sites (N-methyl/N-ethyl adjacent to an activating group) is 1. The molecule has 0 radical (unpaired) electrons. The van der Waals surface area contributed by atoms with E-state index in [4.69, 9.17) is 0 Å². The SMILES string of the molecule is CNC1CCC(=O)NC1C1CC1. The fourth-order valence-corrected chi connectivity index (χ4v) is 2.05. The van der Waals surface area contributed by atoms with E-state index in [9.17, 15) is 4.79 Å². The van der Waals surface area contributed by atoms with Gasteiger partial charge >= 0.3 is 0 Å². The Morgan fingerprint density at radius 1 is 1.42 bits per heavy atom. The second-order valence-electron chi connectivity index (χ2n) is 3.86. The second-order valence-corrected chi connectivity index (χ2v) is 3.86. The van der Waals surface area contributed by atoms with Crippen LogP contribution in [0.1, 0.15) is 25.7 Å². The smallest absolute Gasteiger partial charge is 0.220 e. The molecule has 2 atom stereocenters. The van der Waals surface area contributed by atoms with Crippen molar-refractivity contribution in [3.8, 4) is 0 Å². The summed E-state index contributed by atoms with van der Waals surface area (Å²) >= 11 is 0. The molecule has 0 spiro atoms. The summed E-state index contributed by atoms with van der Waals surface area (Å²) < 4.78 is 0. The maximum Gasteiger partial charge on any atom is 0.220 e. The van der Waals surface area contributed by atoms with E-state index in [2.05, 4.69) is 10.6 Å². The molecule has 2 rings (SSSR count). The van der Waals surface area contributed by atoms with E-state index in [-0.39, 0.29) is 5.91 Å². The average Bonchev–Trinajstić information content (AvgIpc) is 2.87. The molecule has 2 fully saturated rings. The zero-order valence-corrected chi connectivity index (χ0v) is 7.47. The van der Waals surface area contributed by atoms with Gasteiger partial charge in [-0.3, -0.25) is 4.79 Å². The first kappa shape index (κ1) is 8.05. The molecular weight excluding hydrogens is 152 g/mol. The Bertz CT molecular complexity index is 189. The maximum atomic E-state index is 11.1. The van der Waals surface area contributed by atoms with E-state index in [0.29, 0.717) is 18.5 Å². The van der Waals surface area contributed by atoms with Gasteiger partial charge in [0.05, 0.1) is 0 Å². The fraction of sp³-hybridized carbons (Fsp3) is 0.889. The summed E-state index contributed by atoms with van der Waals surface area (Å²) in [5, 5.41) is 6.36. The van der Waals surface area contributed by atoms with E-state index in [0.717, 1.165) is 12.3 Å². The van der Waals surface area contributed by atoms with E-state index < -0.39 is 0 Å². The van der Waals surface area contributed by atoms with E-state index in [1.807, 2.05) is 7.05 Å². The summed E-state index contributed by atoms with van der Waals surface area (Å²) in [7, 11) is 1.98. The van der Waals surface area contributed by atoms with Crippen molar-refractivity contribution in [2.45, 2.75) is 37.8 Å². The molecule has 1 aliphatic heterocycles. The third kappa shape index (κ3) is 1.46. The number of rotatable bonds is 2. The first-order chi connectivity index (χ1) is 5.81. The molecule has 2 N–H and O–H groups in total. The van der Waals surface area contributed by atoms with Crippen molar-refractivity contribution in [3.05, 3.63) is 0 Å². The van der Waals surface area contributed by atoms with Crippen molar-refractivity contribution < 1.29 is 4.79 Å². The third-order valence-electron chi connectivity index (χ3n) is 2.94. The van der Waals surface area contributed by atoms with Crippen LogP contribution >= 0.6 is 0 Å². The van der Waals surface area contributed by atoms with E-state index in [1.165, 1.54) is 12.8 Å². The Labute approximate surface area is 72.9 Å². The normalized spacial score (nSPS) is 36.2. The van der Waals surface area contributed by atoms with Crippen LogP contribution in [-0.4, -0.2) is 25.0 Å². The highest BCUT2D eigenvalue weighted by Crippen LogP contribution is 2.35. The van der Waals surface area contributed by atoms with Crippen LogP contribution in [0.3, 0.4) is 0 Å². The van der Waals surface area contributed by atoms with Gasteiger partial charge < -0.3 is 10.6 Å². The molecule has 1 heterocycles. The predicted octanol–water partition coefficient (Wildman–Crippen LogP) is 0.263. The number of carbonyl (C=O) groups excluding carboxylic acids is 1. The molecule has 1 saturated heterocycles. The van der Waals surface area contributed by atoms with Gasteiger partial charge in [-0.2, -0.15) is 0 Å². The molecule has 12 heavy (non-hydrogen) atoms. The molecule has 1 amide bonds. The monoisotopic (exact) mass is 168 g/mol. The molecular formula is C9H16N2O. The molecule has 0 aromatic carbocycles. The largest absolute Gasteiger partial charge is 0.352 e. The Morgan fingerprint density at radius 2 is 2.17 bits per heavy atom. The lowest BCUT2D eigenvalue weighted by Crippen LogP contribution is -2.54. The highest BCUT2D eigenvalue weighted by Gasteiger charge is 2.39. The van der Waals surface area contributed by atoms with Crippen LogP contribution in [0.5, 0.6) is 0 Å². The van der Waals surface area contributed by atoms with Crippen molar-refractivity contribution in [1.82, 2.24) is 10.6 Å². The van der Waals surface area contributed by atoms with E-state index in [1.54, 1.807) is 0 Å². The highest BCUT2D eigenvalue weighted by molar-refractivity contribution is 5.77. The molecule has 2 unspecified atom stereocenters. The molecule has 1 saturated carbocycles. The number of amides is 1. The number of carbonyl (C=O) groups is 1. The second kappa shape index (κ2) is 3.05. The minimum atomic E-state index is 0.235. The fourth-order valence-electron chi connectivity index (χ4n) is 2.05. The van der Waals surface area contributed by atoms with Crippen LogP contribution in [-0.2, 0) is 4.79 Å². The Morgan fingerprint density at radius 3 is 2.75 bits per heavy atom. The lowest BCUT2D eigenvalue weighted by Gasteiger charge is -2.32. The standard InChI is InChI=1S/C9H16N2O/c1-10-7-4-5-8(12)11-9(7)6-2-3-6/h6-7,9-10H,2-5H2,1H3,(H,11,12). The summed E-state index contributed by atoms with van der Waals surface area (Å²) in [5.74, 6) is 0.991. The van der Waals surface area contributed by atoms with E-state index >= 15 is 0 Å². The Kier molecular flexibility index (Phi) is 2.05. The van der Waals surface area contributed by atoms with Gasteiger partial charge in [0.15, 0.2) is 0 Å². The topological polar surface area (TPSA) is 41.1 Å². The molecule has 0 bridgehead atoms. The van der Waals surface area contributed by atoms with Gasteiger partial charge in [-0.1, -0.05) is 0 Å². The molecule has 1 aliphatic carbocycles. The van der Waals surface area contributed by atoms with Gasteiger partial charge in [-0.05, 0) is 32.2 Å². The quantitative estimate of drug-likeness (QED) is 0.621. The van der Waals surface area contributed by atoms with Crippen molar-refractivity contribution >= 4 is 5.91 Å². The first-order valence-corrected chi connectivity index (χ1v) is 4.78. The summed E-state index contributed by atoms with van der Waals surface area (Å²) in [6.07, 6.45) is 4.28. The third-order valence-corrected chi connectivity index (χ3v) is 2.94. The molecule has 68 valence electrons. The molecule has 3 nitrogen and oxygen atoms in total. The summed E-state index contributed by atoms with van der Waals surface area (Å²) in [6.45, 7) is 0. The first-order valence-electron chi connectivity index (χ1n) is 4.78. The van der Waals surface area contributed by atoms with Crippen LogP contribution in [0, 0.1) is 5.92 Å². The number of hydrogen-bond acceptors (Lipinski definition) is 2. The van der Waals surface area contributed by atoms with Crippen molar-refractivity contribution in [2.24, 2.45) is 5.92 Å². The highest BCUT2D eigenvalue weighted by atomic mass is 16.1. The lowest BCUT2D eigenvalue weighted by molar-refractivity contribution is -0.124. The maximum absolute atomic E-state index is 11.1. The zero-order valence-electron chi connectivity index (χ0n) is 7.47. The van der Waals surface area contributed by atoms with Crippen LogP contribution < -0.4 is 10.6 Å². The minimum Gasteiger partial charge on any atom is -0.352 e. The van der Waals surface area contributed by atoms with Crippen molar-refractivity contribution in [3.63, 3.8) is 0 Å². The number of nitrogens with one attached hydrogen (secondary N) is 2. The molecule has 0 aromatic heterocycles. The van der Waals surface area contributed by atoms with Crippen LogP contribution in [0.15, 0.2) is 0 Å². The van der Waals surface area contributed by atoms with Gasteiger partial charge in [0.2, 0.25) is 5.91 Å². The molecule has 0 aromatic rings. The zero-order chi connectivity index (χ0) is 8.55. The van der Waals surface area contributed by atoms with Gasteiger partial charge in [-0.15, -0.1) is 0 Å². The minimum absolute atomic E-state index is 0.235. The number of hydrogen-bond donors (Lipinski definition) is 2. The molecule has 2 aliphatic rings. The van der Waals surface area contributed by atoms with Gasteiger partial charge in [0.1, 0.15) is 0 Å².